The van der Waals surface area contributed by atoms with Gasteiger partial charge in [0.05, 0.1) is 6.04 Å². The molecule has 122 valence electrons. The highest BCUT2D eigenvalue weighted by Crippen LogP contribution is 2.19. The number of halogens is 2. The van der Waals surface area contributed by atoms with Crippen molar-refractivity contribution in [3.8, 4) is 5.88 Å². The number of carbonyl (C=O) groups is 1. The Morgan fingerprint density at radius 3 is 3.04 bits per heavy atom. The number of alkyl halides is 2. The van der Waals surface area contributed by atoms with E-state index in [0.717, 1.165) is 25.2 Å². The van der Waals surface area contributed by atoms with Crippen LogP contribution < -0.4 is 10.1 Å². The average molecular weight is 323 g/mol. The molecule has 0 radical (unpaired) electrons. The van der Waals surface area contributed by atoms with Crippen LogP contribution in [-0.4, -0.2) is 32.3 Å². The van der Waals surface area contributed by atoms with E-state index < -0.39 is 12.5 Å². The summed E-state index contributed by atoms with van der Waals surface area (Å²) in [5.41, 5.74) is 0.184. The molecule has 0 aromatic carbocycles. The quantitative estimate of drug-likeness (QED) is 0.906. The zero-order valence-electron chi connectivity index (χ0n) is 12.4. The molecule has 9 heteroatoms. The molecule has 3 heterocycles. The van der Waals surface area contributed by atoms with Gasteiger partial charge in [-0.05, 0) is 19.4 Å². The molecule has 0 spiro atoms. The normalized spacial score (nSPS) is 14.6. The molecule has 0 aliphatic carbocycles. The lowest BCUT2D eigenvalue weighted by Crippen LogP contribution is -2.28. The molecule has 2 aromatic heterocycles. The Kier molecular flexibility index (Phi) is 4.18. The summed E-state index contributed by atoms with van der Waals surface area (Å²) < 4.78 is 30.6. The van der Waals surface area contributed by atoms with Crippen LogP contribution in [0.5, 0.6) is 5.88 Å². The van der Waals surface area contributed by atoms with E-state index in [9.17, 15) is 13.6 Å². The van der Waals surface area contributed by atoms with Crippen LogP contribution in [0, 0.1) is 0 Å². The molecule has 1 unspecified atom stereocenters. The van der Waals surface area contributed by atoms with Gasteiger partial charge < -0.3 is 14.6 Å². The van der Waals surface area contributed by atoms with Crippen molar-refractivity contribution in [2.24, 2.45) is 0 Å². The minimum Gasteiger partial charge on any atom is -0.417 e. The SMILES string of the molecule is CC(NC(=O)c1ccnc(OC(F)F)c1)c1nnc2n1CCC2. The molecule has 7 nitrogen and oxygen atoms in total. The third kappa shape index (κ3) is 3.27. The fourth-order valence-electron chi connectivity index (χ4n) is 2.54. The van der Waals surface area contributed by atoms with Gasteiger partial charge in [-0.15, -0.1) is 10.2 Å². The van der Waals surface area contributed by atoms with Crippen LogP contribution in [0.2, 0.25) is 0 Å². The van der Waals surface area contributed by atoms with E-state index in [4.69, 9.17) is 0 Å². The smallest absolute Gasteiger partial charge is 0.388 e. The fraction of sp³-hybridized carbons (Fsp3) is 0.429. The largest absolute Gasteiger partial charge is 0.417 e. The van der Waals surface area contributed by atoms with Crippen molar-refractivity contribution in [3.63, 3.8) is 0 Å². The van der Waals surface area contributed by atoms with Crippen molar-refractivity contribution in [1.29, 1.82) is 0 Å². The van der Waals surface area contributed by atoms with Gasteiger partial charge in [0.2, 0.25) is 5.88 Å². The third-order valence-corrected chi connectivity index (χ3v) is 3.58. The molecule has 1 aliphatic heterocycles. The highest BCUT2D eigenvalue weighted by Gasteiger charge is 2.23. The molecule has 1 aliphatic rings. The Morgan fingerprint density at radius 1 is 1.43 bits per heavy atom. The number of carbonyl (C=O) groups excluding carboxylic acids is 1. The first kappa shape index (κ1) is 15.3. The molecule has 0 fully saturated rings. The van der Waals surface area contributed by atoms with Crippen LogP contribution in [0.25, 0.3) is 0 Å². The van der Waals surface area contributed by atoms with Gasteiger partial charge >= 0.3 is 6.61 Å². The number of aromatic nitrogens is 4. The minimum atomic E-state index is -2.99. The number of hydrogen-bond acceptors (Lipinski definition) is 5. The Bertz CT molecular complexity index is 719. The lowest BCUT2D eigenvalue weighted by Gasteiger charge is -2.14. The zero-order chi connectivity index (χ0) is 16.4. The summed E-state index contributed by atoms with van der Waals surface area (Å²) in [4.78, 5) is 15.9. The maximum Gasteiger partial charge on any atom is 0.388 e. The summed E-state index contributed by atoms with van der Waals surface area (Å²) in [6, 6.07) is 2.24. The van der Waals surface area contributed by atoms with Crippen molar-refractivity contribution in [2.75, 3.05) is 0 Å². The number of fused-ring (bicyclic) bond motifs is 1. The van der Waals surface area contributed by atoms with Crippen LogP contribution in [0.1, 0.15) is 41.4 Å². The summed E-state index contributed by atoms with van der Waals surface area (Å²) in [5.74, 6) is 0.875. The number of pyridine rings is 1. The second-order valence-electron chi connectivity index (χ2n) is 5.19. The van der Waals surface area contributed by atoms with Gasteiger partial charge in [-0.1, -0.05) is 0 Å². The predicted molar refractivity (Wildman–Crippen MR) is 75.1 cm³/mol. The molecule has 1 N–H and O–H groups in total. The summed E-state index contributed by atoms with van der Waals surface area (Å²) in [7, 11) is 0. The second kappa shape index (κ2) is 6.27. The van der Waals surface area contributed by atoms with E-state index in [1.807, 2.05) is 4.57 Å². The van der Waals surface area contributed by atoms with E-state index in [0.29, 0.717) is 5.82 Å². The molecule has 1 amide bonds. The maximum absolute atomic E-state index is 12.2. The molecule has 0 saturated carbocycles. The van der Waals surface area contributed by atoms with Crippen molar-refractivity contribution >= 4 is 5.91 Å². The van der Waals surface area contributed by atoms with Crippen LogP contribution in [0.3, 0.4) is 0 Å². The highest BCUT2D eigenvalue weighted by atomic mass is 19.3. The topological polar surface area (TPSA) is 81.9 Å². The van der Waals surface area contributed by atoms with Crippen LogP contribution >= 0.6 is 0 Å². The van der Waals surface area contributed by atoms with Gasteiger partial charge in [0, 0.05) is 30.8 Å². The van der Waals surface area contributed by atoms with Gasteiger partial charge in [-0.3, -0.25) is 4.79 Å². The van der Waals surface area contributed by atoms with Crippen LogP contribution in [0.15, 0.2) is 18.3 Å². The van der Waals surface area contributed by atoms with E-state index in [1.54, 1.807) is 6.92 Å². The lowest BCUT2D eigenvalue weighted by molar-refractivity contribution is -0.0529. The number of nitrogens with zero attached hydrogens (tertiary/aromatic N) is 4. The van der Waals surface area contributed by atoms with Crippen molar-refractivity contribution in [3.05, 3.63) is 35.5 Å². The summed E-state index contributed by atoms with van der Waals surface area (Å²) >= 11 is 0. The number of aryl methyl sites for hydroxylation is 1. The molecule has 1 atom stereocenters. The van der Waals surface area contributed by atoms with E-state index in [1.165, 1.54) is 18.3 Å². The molecular formula is C14H15F2N5O2. The molecule has 2 aromatic rings. The van der Waals surface area contributed by atoms with Gasteiger partial charge in [-0.2, -0.15) is 8.78 Å². The molecule has 23 heavy (non-hydrogen) atoms. The minimum absolute atomic E-state index is 0.184. The van der Waals surface area contributed by atoms with Gasteiger partial charge in [0.1, 0.15) is 5.82 Å². The Labute approximate surface area is 130 Å². The second-order valence-corrected chi connectivity index (χ2v) is 5.19. The summed E-state index contributed by atoms with van der Waals surface area (Å²) in [5, 5.41) is 11.0. The van der Waals surface area contributed by atoms with Gasteiger partial charge in [-0.25, -0.2) is 4.98 Å². The van der Waals surface area contributed by atoms with Crippen molar-refractivity contribution in [1.82, 2.24) is 25.1 Å². The molecule has 0 bridgehead atoms. The van der Waals surface area contributed by atoms with Crippen molar-refractivity contribution < 1.29 is 18.3 Å². The number of amides is 1. The predicted octanol–water partition coefficient (Wildman–Crippen LogP) is 1.71. The average Bonchev–Trinajstić information content (AvgIpc) is 3.09. The number of hydrogen-bond donors (Lipinski definition) is 1. The Hall–Kier alpha value is -2.58. The first-order chi connectivity index (χ1) is 11.0. The van der Waals surface area contributed by atoms with E-state index in [2.05, 4.69) is 25.2 Å². The first-order valence-electron chi connectivity index (χ1n) is 7.18. The molecule has 0 saturated heterocycles. The monoisotopic (exact) mass is 323 g/mol. The molecule has 3 rings (SSSR count). The van der Waals surface area contributed by atoms with E-state index >= 15 is 0 Å². The maximum atomic E-state index is 12.2. The third-order valence-electron chi connectivity index (χ3n) is 3.58. The van der Waals surface area contributed by atoms with Gasteiger partial charge in [0.25, 0.3) is 5.91 Å². The molecular weight excluding hydrogens is 308 g/mol. The van der Waals surface area contributed by atoms with Gasteiger partial charge in [0.15, 0.2) is 5.82 Å². The standard InChI is InChI=1S/C14H15F2N5O2/c1-8(12-20-19-10-3-2-6-21(10)12)18-13(22)9-4-5-17-11(7-9)23-14(15)16/h4-5,7-8,14H,2-3,6H2,1H3,(H,18,22). The summed E-state index contributed by atoms with van der Waals surface area (Å²) in [6.45, 7) is -0.358. The Balaban J connectivity index is 1.71. The zero-order valence-corrected chi connectivity index (χ0v) is 12.4. The van der Waals surface area contributed by atoms with Crippen LogP contribution in [-0.2, 0) is 13.0 Å². The summed E-state index contributed by atoms with van der Waals surface area (Å²) in [6.07, 6.45) is 3.13. The first-order valence-corrected chi connectivity index (χ1v) is 7.18. The van der Waals surface area contributed by atoms with E-state index in [-0.39, 0.29) is 17.5 Å². The number of nitrogens with one attached hydrogen (secondary N) is 1. The highest BCUT2D eigenvalue weighted by molar-refractivity contribution is 5.94. The Morgan fingerprint density at radius 2 is 2.26 bits per heavy atom. The van der Waals surface area contributed by atoms with Crippen LogP contribution in [0.4, 0.5) is 8.78 Å². The van der Waals surface area contributed by atoms with Crippen molar-refractivity contribution in [2.45, 2.75) is 39.0 Å². The number of rotatable bonds is 5. The lowest BCUT2D eigenvalue weighted by atomic mass is 10.2. The fourth-order valence-corrected chi connectivity index (χ4v) is 2.54. The number of ether oxygens (including phenoxy) is 1.